The Morgan fingerprint density at radius 3 is 1.90 bits per heavy atom. The molecular weight excluding hydrogens is 428 g/mol. The molecule has 0 heterocycles. The van der Waals surface area contributed by atoms with Crippen molar-refractivity contribution in [3.8, 4) is 0 Å². The number of nitrogens with one attached hydrogen (secondary N) is 3. The second-order valence-electron chi connectivity index (χ2n) is 7.64. The molecule has 0 rings (SSSR count). The van der Waals surface area contributed by atoms with Gasteiger partial charge in [0.2, 0.25) is 17.7 Å². The van der Waals surface area contributed by atoms with Crippen LogP contribution in [0.2, 0.25) is 0 Å². The van der Waals surface area contributed by atoms with Crippen LogP contribution in [-0.4, -0.2) is 76.0 Å². The SMILES string of the molecule is CSCCC(N)C(=O)NC(CCC(=O)O)C(=O)NC(CC(C)C)C(=O)NC(C)C(=O)O. The summed E-state index contributed by atoms with van der Waals surface area (Å²) < 4.78 is 0. The van der Waals surface area contributed by atoms with E-state index in [1.165, 1.54) is 18.7 Å². The summed E-state index contributed by atoms with van der Waals surface area (Å²) in [5.41, 5.74) is 5.81. The zero-order valence-electron chi connectivity index (χ0n) is 18.3. The molecule has 0 saturated carbocycles. The molecule has 0 aromatic heterocycles. The largest absolute Gasteiger partial charge is 0.481 e. The van der Waals surface area contributed by atoms with Crippen molar-refractivity contribution in [3.63, 3.8) is 0 Å². The van der Waals surface area contributed by atoms with Crippen LogP contribution in [0.4, 0.5) is 0 Å². The van der Waals surface area contributed by atoms with Crippen LogP contribution in [0.3, 0.4) is 0 Å². The molecule has 4 unspecified atom stereocenters. The van der Waals surface area contributed by atoms with Gasteiger partial charge < -0.3 is 31.9 Å². The van der Waals surface area contributed by atoms with Crippen molar-refractivity contribution in [2.75, 3.05) is 12.0 Å². The zero-order chi connectivity index (χ0) is 24.1. The predicted octanol–water partition coefficient (Wildman–Crippen LogP) is -0.463. The van der Waals surface area contributed by atoms with Crippen LogP contribution < -0.4 is 21.7 Å². The van der Waals surface area contributed by atoms with Gasteiger partial charge in [-0.3, -0.25) is 24.0 Å². The first kappa shape index (κ1) is 28.7. The zero-order valence-corrected chi connectivity index (χ0v) is 19.2. The summed E-state index contributed by atoms with van der Waals surface area (Å²) in [7, 11) is 0. The smallest absolute Gasteiger partial charge is 0.325 e. The van der Waals surface area contributed by atoms with Crippen LogP contribution in [0.5, 0.6) is 0 Å². The van der Waals surface area contributed by atoms with Gasteiger partial charge in [0.05, 0.1) is 6.04 Å². The summed E-state index contributed by atoms with van der Waals surface area (Å²) in [5, 5.41) is 25.2. The van der Waals surface area contributed by atoms with Gasteiger partial charge in [0, 0.05) is 6.42 Å². The Kier molecular flexibility index (Phi) is 13.5. The summed E-state index contributed by atoms with van der Waals surface area (Å²) >= 11 is 1.51. The van der Waals surface area contributed by atoms with E-state index in [2.05, 4.69) is 16.0 Å². The second-order valence-corrected chi connectivity index (χ2v) is 8.63. The minimum absolute atomic E-state index is 0.0109. The van der Waals surface area contributed by atoms with Gasteiger partial charge in [-0.1, -0.05) is 13.8 Å². The summed E-state index contributed by atoms with van der Waals surface area (Å²) in [6, 6.07) is -4.28. The first-order valence-corrected chi connectivity index (χ1v) is 11.4. The number of carbonyl (C=O) groups excluding carboxylic acids is 3. The standard InChI is InChI=1S/C19H34N4O7S/c1-10(2)9-14(18(28)21-11(3)19(29)30)23-17(27)13(5-6-15(24)25)22-16(26)12(20)7-8-31-4/h10-14H,5-9,20H2,1-4H3,(H,21,28)(H,22,26)(H,23,27)(H,24,25)(H,29,30). The highest BCUT2D eigenvalue weighted by Crippen LogP contribution is 2.08. The maximum atomic E-state index is 12.8. The lowest BCUT2D eigenvalue weighted by Crippen LogP contribution is -2.57. The van der Waals surface area contributed by atoms with E-state index in [0.717, 1.165) is 0 Å². The quantitative estimate of drug-likeness (QED) is 0.187. The van der Waals surface area contributed by atoms with Gasteiger partial charge in [-0.25, -0.2) is 0 Å². The van der Waals surface area contributed by atoms with Gasteiger partial charge in [-0.05, 0) is 44.1 Å². The minimum Gasteiger partial charge on any atom is -0.481 e. The fraction of sp³-hybridized carbons (Fsp3) is 0.737. The molecule has 12 heteroatoms. The number of hydrogen-bond acceptors (Lipinski definition) is 7. The van der Waals surface area contributed by atoms with E-state index in [1.807, 2.05) is 20.1 Å². The van der Waals surface area contributed by atoms with Crippen molar-refractivity contribution in [1.29, 1.82) is 0 Å². The predicted molar refractivity (Wildman–Crippen MR) is 116 cm³/mol. The normalized spacial score (nSPS) is 14.8. The fourth-order valence-electron chi connectivity index (χ4n) is 2.54. The molecule has 0 radical (unpaired) electrons. The van der Waals surface area contributed by atoms with Gasteiger partial charge in [0.1, 0.15) is 18.1 Å². The Hall–Kier alpha value is -2.34. The van der Waals surface area contributed by atoms with Gasteiger partial charge in [-0.15, -0.1) is 0 Å². The third-order valence-electron chi connectivity index (χ3n) is 4.32. The van der Waals surface area contributed by atoms with Crippen LogP contribution in [-0.2, 0) is 24.0 Å². The number of rotatable bonds is 15. The van der Waals surface area contributed by atoms with Gasteiger partial charge in [0.15, 0.2) is 0 Å². The number of aliphatic carboxylic acids is 2. The first-order chi connectivity index (χ1) is 14.4. The second kappa shape index (κ2) is 14.6. The van der Waals surface area contributed by atoms with E-state index < -0.39 is 53.8 Å². The lowest BCUT2D eigenvalue weighted by atomic mass is 10.0. The number of thioether (sulfide) groups is 1. The molecule has 0 fully saturated rings. The van der Waals surface area contributed by atoms with E-state index in [0.29, 0.717) is 12.2 Å². The topological polar surface area (TPSA) is 188 Å². The van der Waals surface area contributed by atoms with Crippen molar-refractivity contribution in [1.82, 2.24) is 16.0 Å². The molecule has 0 aromatic carbocycles. The Morgan fingerprint density at radius 2 is 1.42 bits per heavy atom. The fourth-order valence-corrected chi connectivity index (χ4v) is 3.03. The van der Waals surface area contributed by atoms with Crippen LogP contribution in [0.15, 0.2) is 0 Å². The molecule has 0 aliphatic rings. The maximum absolute atomic E-state index is 12.8. The van der Waals surface area contributed by atoms with E-state index in [9.17, 15) is 24.0 Å². The third-order valence-corrected chi connectivity index (χ3v) is 4.96. The van der Waals surface area contributed by atoms with Crippen LogP contribution in [0.1, 0.15) is 46.5 Å². The number of carbonyl (C=O) groups is 5. The lowest BCUT2D eigenvalue weighted by Gasteiger charge is -2.25. The molecule has 11 nitrogen and oxygen atoms in total. The van der Waals surface area contributed by atoms with Gasteiger partial charge >= 0.3 is 11.9 Å². The molecular formula is C19H34N4O7S. The highest BCUT2D eigenvalue weighted by atomic mass is 32.2. The van der Waals surface area contributed by atoms with Crippen molar-refractivity contribution < 1.29 is 34.2 Å². The average molecular weight is 463 g/mol. The molecule has 0 bridgehead atoms. The van der Waals surface area contributed by atoms with E-state index in [4.69, 9.17) is 15.9 Å². The van der Waals surface area contributed by atoms with Crippen molar-refractivity contribution in [2.45, 2.75) is 70.6 Å². The molecule has 0 aromatic rings. The molecule has 7 N–H and O–H groups in total. The summed E-state index contributed by atoms with van der Waals surface area (Å²) in [5.74, 6) is -3.77. The summed E-state index contributed by atoms with van der Waals surface area (Å²) in [4.78, 5) is 59.5. The highest BCUT2D eigenvalue weighted by Gasteiger charge is 2.30. The van der Waals surface area contributed by atoms with Crippen molar-refractivity contribution in [2.24, 2.45) is 11.7 Å². The highest BCUT2D eigenvalue weighted by molar-refractivity contribution is 7.98. The molecule has 3 amide bonds. The van der Waals surface area contributed by atoms with Crippen LogP contribution in [0.25, 0.3) is 0 Å². The van der Waals surface area contributed by atoms with E-state index in [-0.39, 0.29) is 25.2 Å². The lowest BCUT2D eigenvalue weighted by molar-refractivity contribution is -0.142. The molecule has 4 atom stereocenters. The molecule has 0 aliphatic heterocycles. The Morgan fingerprint density at radius 1 is 0.871 bits per heavy atom. The summed E-state index contributed by atoms with van der Waals surface area (Å²) in [6.07, 6.45) is 1.89. The Bertz CT molecular complexity index is 645. The van der Waals surface area contributed by atoms with Crippen molar-refractivity contribution in [3.05, 3.63) is 0 Å². The van der Waals surface area contributed by atoms with Gasteiger partial charge in [-0.2, -0.15) is 11.8 Å². The van der Waals surface area contributed by atoms with Gasteiger partial charge in [0.25, 0.3) is 0 Å². The number of carboxylic acids is 2. The minimum atomic E-state index is -1.23. The number of carboxylic acid groups (broad SMARTS) is 2. The van der Waals surface area contributed by atoms with E-state index >= 15 is 0 Å². The average Bonchev–Trinajstić information content (AvgIpc) is 2.67. The summed E-state index contributed by atoms with van der Waals surface area (Å²) in [6.45, 7) is 4.93. The van der Waals surface area contributed by atoms with Crippen molar-refractivity contribution >= 4 is 41.4 Å². The number of nitrogens with two attached hydrogens (primary N) is 1. The Labute approximate surface area is 186 Å². The monoisotopic (exact) mass is 462 g/mol. The first-order valence-electron chi connectivity index (χ1n) is 9.99. The molecule has 0 aliphatic carbocycles. The van der Waals surface area contributed by atoms with E-state index in [1.54, 1.807) is 0 Å². The maximum Gasteiger partial charge on any atom is 0.325 e. The molecule has 0 saturated heterocycles. The Balaban J connectivity index is 5.36. The molecule has 178 valence electrons. The molecule has 0 spiro atoms. The van der Waals surface area contributed by atoms with Crippen LogP contribution in [0, 0.1) is 5.92 Å². The molecule has 31 heavy (non-hydrogen) atoms. The number of hydrogen-bond donors (Lipinski definition) is 6. The number of amides is 3. The third kappa shape index (κ3) is 12.2. The van der Waals surface area contributed by atoms with Crippen LogP contribution >= 0.6 is 11.8 Å².